The van der Waals surface area contributed by atoms with Crippen LogP contribution in [0.15, 0.2) is 47.5 Å². The fourth-order valence-corrected chi connectivity index (χ4v) is 2.51. The van der Waals surface area contributed by atoms with Gasteiger partial charge in [-0.15, -0.1) is 0 Å². The molecule has 0 fully saturated rings. The fourth-order valence-electron chi connectivity index (χ4n) is 2.51. The number of hydrogen-bond acceptors (Lipinski definition) is 5. The van der Waals surface area contributed by atoms with Gasteiger partial charge in [-0.3, -0.25) is 9.79 Å². The van der Waals surface area contributed by atoms with E-state index in [0.29, 0.717) is 29.4 Å². The number of carbonyl (C=O) groups is 1. The molecule has 2 aromatic rings. The van der Waals surface area contributed by atoms with Crippen LogP contribution in [0.25, 0.3) is 0 Å². The van der Waals surface area contributed by atoms with Gasteiger partial charge in [0.15, 0.2) is 12.4 Å². The molecule has 0 aliphatic carbocycles. The first kappa shape index (κ1) is 16.0. The molecule has 1 aliphatic heterocycles. The maximum atomic E-state index is 11.7. The first-order valence-corrected chi connectivity index (χ1v) is 7.56. The minimum absolute atomic E-state index is 0.101. The summed E-state index contributed by atoms with van der Waals surface area (Å²) in [6.07, 6.45) is -0.852. The van der Waals surface area contributed by atoms with Crippen molar-refractivity contribution in [2.75, 3.05) is 18.5 Å². The summed E-state index contributed by atoms with van der Waals surface area (Å²) >= 11 is 0. The van der Waals surface area contributed by atoms with Crippen molar-refractivity contribution in [3.63, 3.8) is 0 Å². The van der Waals surface area contributed by atoms with E-state index in [2.05, 4.69) is 17.0 Å². The molecular weight excluding hydrogens is 308 g/mol. The molecule has 0 aromatic heterocycles. The number of benzene rings is 2. The Hall–Kier alpha value is -2.86. The molecule has 3 rings (SSSR count). The average molecular weight is 326 g/mol. The van der Waals surface area contributed by atoms with Crippen LogP contribution in [0.3, 0.4) is 0 Å². The molecule has 1 amide bonds. The van der Waals surface area contributed by atoms with E-state index in [9.17, 15) is 9.90 Å². The van der Waals surface area contributed by atoms with Crippen molar-refractivity contribution in [3.05, 3.63) is 53.6 Å². The van der Waals surface area contributed by atoms with Gasteiger partial charge in [0.1, 0.15) is 24.1 Å². The predicted molar refractivity (Wildman–Crippen MR) is 90.7 cm³/mol. The summed E-state index contributed by atoms with van der Waals surface area (Å²) in [5, 5.41) is 12.9. The molecule has 6 nitrogen and oxygen atoms in total. The van der Waals surface area contributed by atoms with Crippen molar-refractivity contribution >= 4 is 18.3 Å². The van der Waals surface area contributed by atoms with Crippen LogP contribution in [0.4, 0.5) is 5.69 Å². The third-order valence-corrected chi connectivity index (χ3v) is 3.66. The lowest BCUT2D eigenvalue weighted by molar-refractivity contribution is -0.118. The predicted octanol–water partition coefficient (Wildman–Crippen LogP) is 2.33. The number of rotatable bonds is 6. The van der Waals surface area contributed by atoms with E-state index in [1.54, 1.807) is 12.1 Å². The van der Waals surface area contributed by atoms with E-state index in [1.807, 2.05) is 30.3 Å². The first-order chi connectivity index (χ1) is 11.7. The van der Waals surface area contributed by atoms with Gasteiger partial charge in [0.2, 0.25) is 0 Å². The van der Waals surface area contributed by atoms with Gasteiger partial charge < -0.3 is 19.9 Å². The van der Waals surface area contributed by atoms with E-state index in [1.165, 1.54) is 0 Å². The van der Waals surface area contributed by atoms with Crippen molar-refractivity contribution < 1.29 is 19.4 Å². The van der Waals surface area contributed by atoms with Crippen LogP contribution in [0.2, 0.25) is 0 Å². The summed E-state index contributed by atoms with van der Waals surface area (Å²) in [5.74, 6) is 0.640. The van der Waals surface area contributed by atoms with E-state index < -0.39 is 6.10 Å². The largest absolute Gasteiger partial charge is 0.487 e. The van der Waals surface area contributed by atoms with Crippen molar-refractivity contribution in [1.82, 2.24) is 0 Å². The molecule has 0 radical (unpaired) electrons. The number of ether oxygens (including phenoxy) is 2. The Labute approximate surface area is 139 Å². The molecule has 0 saturated carbocycles. The lowest BCUT2D eigenvalue weighted by Crippen LogP contribution is -2.27. The first-order valence-electron chi connectivity index (χ1n) is 7.56. The van der Waals surface area contributed by atoms with E-state index >= 15 is 0 Å². The normalized spacial score (nSPS) is 14.1. The summed E-state index contributed by atoms with van der Waals surface area (Å²) in [7, 11) is 0. The number of amides is 1. The van der Waals surface area contributed by atoms with Gasteiger partial charge in [-0.05, 0) is 24.4 Å². The van der Waals surface area contributed by atoms with Crippen molar-refractivity contribution in [1.29, 1.82) is 0 Å². The van der Waals surface area contributed by atoms with Gasteiger partial charge >= 0.3 is 0 Å². The van der Waals surface area contributed by atoms with Crippen LogP contribution < -0.4 is 14.8 Å². The minimum Gasteiger partial charge on any atom is -0.487 e. The molecule has 1 atom stereocenters. The van der Waals surface area contributed by atoms with Gasteiger partial charge in [-0.25, -0.2) is 0 Å². The number of aliphatic imine (C=N–C) groups is 1. The van der Waals surface area contributed by atoms with Gasteiger partial charge in [0, 0.05) is 5.56 Å². The number of nitrogens with one attached hydrogen (secondary N) is 1. The molecule has 0 spiro atoms. The molecule has 6 heteroatoms. The smallest absolute Gasteiger partial charge is 0.262 e. The third-order valence-electron chi connectivity index (χ3n) is 3.66. The summed E-state index contributed by atoms with van der Waals surface area (Å²) in [4.78, 5) is 15.4. The zero-order valence-electron chi connectivity index (χ0n) is 13.1. The van der Waals surface area contributed by atoms with Crippen LogP contribution in [0, 0.1) is 0 Å². The molecule has 124 valence electrons. The molecule has 1 unspecified atom stereocenters. The van der Waals surface area contributed by atoms with Crippen molar-refractivity contribution in [3.8, 4) is 11.5 Å². The summed E-state index contributed by atoms with van der Waals surface area (Å²) < 4.78 is 11.3. The van der Waals surface area contributed by atoms with Crippen LogP contribution in [-0.4, -0.2) is 30.9 Å². The molecule has 1 aliphatic rings. The summed E-state index contributed by atoms with van der Waals surface area (Å²) in [5.41, 5.74) is 1.99. The molecule has 1 heterocycles. The van der Waals surface area contributed by atoms with Crippen LogP contribution in [0.5, 0.6) is 11.5 Å². The highest BCUT2D eigenvalue weighted by molar-refractivity contribution is 5.97. The lowest BCUT2D eigenvalue weighted by Gasteiger charge is -2.24. The highest BCUT2D eigenvalue weighted by Crippen LogP contribution is 2.42. The Morgan fingerprint density at radius 1 is 1.29 bits per heavy atom. The Morgan fingerprint density at radius 2 is 2.08 bits per heavy atom. The van der Waals surface area contributed by atoms with Gasteiger partial charge in [0.05, 0.1) is 6.54 Å². The van der Waals surface area contributed by atoms with E-state index in [4.69, 9.17) is 9.47 Å². The Kier molecular flexibility index (Phi) is 4.77. The van der Waals surface area contributed by atoms with Crippen molar-refractivity contribution in [2.24, 2.45) is 4.99 Å². The maximum absolute atomic E-state index is 11.7. The van der Waals surface area contributed by atoms with Gasteiger partial charge in [-0.1, -0.05) is 30.3 Å². The number of aliphatic hydroxyl groups excluding tert-OH is 1. The van der Waals surface area contributed by atoms with Crippen molar-refractivity contribution in [2.45, 2.75) is 12.7 Å². The topological polar surface area (TPSA) is 80.2 Å². The number of carbonyl (C=O) groups excluding carboxylic acids is 1. The second-order valence-corrected chi connectivity index (χ2v) is 5.39. The number of anilines is 1. The number of hydrogen-bond donors (Lipinski definition) is 2. The van der Waals surface area contributed by atoms with Gasteiger partial charge in [-0.2, -0.15) is 0 Å². The lowest BCUT2D eigenvalue weighted by atomic mass is 10.1. The molecular formula is C18H18N2O4. The fraction of sp³-hybridized carbons (Fsp3) is 0.222. The number of nitrogens with zero attached hydrogens (tertiary/aromatic N) is 1. The van der Waals surface area contributed by atoms with Crippen LogP contribution in [-0.2, 0) is 11.4 Å². The van der Waals surface area contributed by atoms with E-state index in [-0.39, 0.29) is 19.1 Å². The molecule has 0 bridgehead atoms. The summed E-state index contributed by atoms with van der Waals surface area (Å²) in [6.45, 7) is 3.79. The highest BCUT2D eigenvalue weighted by atomic mass is 16.5. The maximum Gasteiger partial charge on any atom is 0.262 e. The molecule has 2 aromatic carbocycles. The molecule has 2 N–H and O–H groups in total. The van der Waals surface area contributed by atoms with Gasteiger partial charge in [0.25, 0.3) is 5.91 Å². The zero-order chi connectivity index (χ0) is 16.9. The van der Waals surface area contributed by atoms with E-state index in [0.717, 1.165) is 5.56 Å². The standard InChI is InChI=1S/C18H18N2O4/c1-19-9-14(21)13-7-8-15(17-18(13)24-11-16(22)20-17)23-10-12-5-3-2-4-6-12/h2-8,14,21H,1,9-11H2,(H,20,22). The highest BCUT2D eigenvalue weighted by Gasteiger charge is 2.26. The minimum atomic E-state index is -0.852. The number of aliphatic hydroxyl groups is 1. The van der Waals surface area contributed by atoms with Crippen LogP contribution in [0.1, 0.15) is 17.2 Å². The Balaban J connectivity index is 1.89. The monoisotopic (exact) mass is 326 g/mol. The second kappa shape index (κ2) is 7.14. The summed E-state index contributed by atoms with van der Waals surface area (Å²) in [6, 6.07) is 13.1. The average Bonchev–Trinajstić information content (AvgIpc) is 2.60. The molecule has 0 saturated heterocycles. The quantitative estimate of drug-likeness (QED) is 0.799. The Bertz CT molecular complexity index is 746. The SMILES string of the molecule is C=NCC(O)c1ccc(OCc2ccccc2)c2c1OCC(=O)N2. The van der Waals surface area contributed by atoms with Crippen LogP contribution >= 0.6 is 0 Å². The second-order valence-electron chi connectivity index (χ2n) is 5.39. The zero-order valence-corrected chi connectivity index (χ0v) is 13.1. The Morgan fingerprint density at radius 3 is 2.83 bits per heavy atom. The number of fused-ring (bicyclic) bond motifs is 1. The molecule has 24 heavy (non-hydrogen) atoms. The third kappa shape index (κ3) is 3.38.